The molecule has 0 saturated carbocycles. The molecule has 13 aromatic carbocycles. The second-order valence-electron chi connectivity index (χ2n) is 23.1. The van der Waals surface area contributed by atoms with Crippen LogP contribution in [0.1, 0.15) is 0 Å². The maximum absolute atomic E-state index is 7.07. The highest BCUT2D eigenvalue weighted by molar-refractivity contribution is 7.01. The third-order valence-corrected chi connectivity index (χ3v) is 18.5. The Morgan fingerprint density at radius 1 is 0.241 bits per heavy atom. The molecule has 7 nitrogen and oxygen atoms in total. The molecule has 19 rings (SSSR count). The van der Waals surface area contributed by atoms with E-state index in [0.29, 0.717) is 0 Å². The Hall–Kier alpha value is -11.4. The molecule has 0 unspecified atom stereocenters. The van der Waals surface area contributed by atoms with E-state index >= 15 is 0 Å². The molecule has 87 heavy (non-hydrogen) atoms. The minimum atomic E-state index is -0.109. The Bertz CT molecular complexity index is 4880. The van der Waals surface area contributed by atoms with Gasteiger partial charge >= 0.3 is 0 Å². The molecule has 404 valence electrons. The van der Waals surface area contributed by atoms with Crippen LogP contribution in [-0.4, -0.2) is 13.4 Å². The van der Waals surface area contributed by atoms with Gasteiger partial charge in [-0.2, -0.15) is 0 Å². The highest BCUT2D eigenvalue weighted by atomic mass is 16.5. The molecule has 0 fully saturated rings. The standard InChI is InChI=1S/C78H49B2N5O2/c1-4-22-54(23-5-1)81(57-43-41-50(42-44-57)53-47-69-76-70(48-53)83(56-26-8-3-9-27-56)64-33-13-11-30-60(64)79(76)59-29-10-12-32-63(59)82(69)55-24-6-2-7-25-55)58-28-18-21-51(45-58)52-46-62-78-74(49-52)87-72-39-17-15-35-66(72)85(78)68-37-20-36-67-75(68)80(62)61-31-19-40-73-77(61)84(67)65-34-14-16-38-71(65)86-73/h1-49H. The van der Waals surface area contributed by atoms with Crippen LogP contribution >= 0.6 is 0 Å². The predicted molar refractivity (Wildman–Crippen MR) is 360 cm³/mol. The second kappa shape index (κ2) is 18.5. The number of hydrogen-bond donors (Lipinski definition) is 0. The summed E-state index contributed by atoms with van der Waals surface area (Å²) in [5.74, 6) is 3.34. The summed E-state index contributed by atoms with van der Waals surface area (Å²) in [5, 5.41) is 0. The lowest BCUT2D eigenvalue weighted by atomic mass is 9.33. The maximum Gasteiger partial charge on any atom is 0.252 e. The number of hydrogen-bond acceptors (Lipinski definition) is 7. The number of para-hydroxylation sites is 10. The summed E-state index contributed by atoms with van der Waals surface area (Å²) in [5.41, 5.74) is 28.6. The van der Waals surface area contributed by atoms with E-state index in [4.69, 9.17) is 9.47 Å². The van der Waals surface area contributed by atoms with Gasteiger partial charge in [0.25, 0.3) is 13.4 Å². The van der Waals surface area contributed by atoms with Gasteiger partial charge in [0.15, 0.2) is 23.0 Å². The third-order valence-electron chi connectivity index (χ3n) is 18.5. The van der Waals surface area contributed by atoms with Crippen LogP contribution in [0.25, 0.3) is 22.3 Å². The van der Waals surface area contributed by atoms with Gasteiger partial charge in [0.2, 0.25) is 0 Å². The van der Waals surface area contributed by atoms with Crippen molar-refractivity contribution in [3.05, 3.63) is 297 Å². The van der Waals surface area contributed by atoms with Gasteiger partial charge in [0.05, 0.1) is 22.7 Å². The minimum Gasteiger partial charge on any atom is -0.453 e. The monoisotopic (exact) mass is 1110 g/mol. The number of fused-ring (bicyclic) bond motifs is 12. The first-order valence-corrected chi connectivity index (χ1v) is 29.9. The van der Waals surface area contributed by atoms with Crippen molar-refractivity contribution < 1.29 is 9.47 Å². The molecule has 6 heterocycles. The van der Waals surface area contributed by atoms with E-state index in [2.05, 4.69) is 316 Å². The summed E-state index contributed by atoms with van der Waals surface area (Å²) in [6, 6.07) is 108. The van der Waals surface area contributed by atoms with Crippen LogP contribution in [0.3, 0.4) is 0 Å². The van der Waals surface area contributed by atoms with Crippen molar-refractivity contribution in [2.24, 2.45) is 0 Å². The fourth-order valence-corrected chi connectivity index (χ4v) is 15.0. The fourth-order valence-electron chi connectivity index (χ4n) is 15.0. The molecule has 0 radical (unpaired) electrons. The second-order valence-corrected chi connectivity index (χ2v) is 23.1. The summed E-state index contributed by atoms with van der Waals surface area (Å²) in [4.78, 5) is 12.2. The summed E-state index contributed by atoms with van der Waals surface area (Å²) >= 11 is 0. The van der Waals surface area contributed by atoms with Crippen LogP contribution in [0, 0.1) is 0 Å². The average Bonchev–Trinajstić information content (AvgIpc) is 0.799. The highest BCUT2D eigenvalue weighted by Gasteiger charge is 2.49. The number of benzene rings is 13. The summed E-state index contributed by atoms with van der Waals surface area (Å²) in [7, 11) is 0. The van der Waals surface area contributed by atoms with Crippen LogP contribution in [-0.2, 0) is 0 Å². The fraction of sp³-hybridized carbons (Fsp3) is 0. The molecular formula is C78H49B2N5O2. The molecule has 13 aromatic rings. The number of anilines is 15. The predicted octanol–water partition coefficient (Wildman–Crippen LogP) is 16.9. The SMILES string of the molecule is c1ccc(N(c2ccc(-c3cc4c5c(c3)N(c3ccccc3)c3ccccc3B5c3ccccc3N4c3ccccc3)cc2)c2cccc(-c3cc4c5c(c3)B3c6cccc7c6N(c6ccccc6O7)c6cccc(c63)N5c3ccccc3O4)c2)cc1. The highest BCUT2D eigenvalue weighted by Crippen LogP contribution is 2.57. The van der Waals surface area contributed by atoms with Crippen molar-refractivity contribution in [2.75, 3.05) is 24.5 Å². The van der Waals surface area contributed by atoms with E-state index in [0.717, 1.165) is 108 Å². The molecule has 0 atom stereocenters. The van der Waals surface area contributed by atoms with Gasteiger partial charge in [-0.05, 0) is 188 Å². The van der Waals surface area contributed by atoms with Gasteiger partial charge in [0.1, 0.15) is 0 Å². The lowest BCUT2D eigenvalue weighted by Crippen LogP contribution is -2.61. The Morgan fingerprint density at radius 2 is 0.678 bits per heavy atom. The average molecular weight is 1110 g/mol. The first kappa shape index (κ1) is 48.0. The van der Waals surface area contributed by atoms with Gasteiger partial charge < -0.3 is 34.0 Å². The summed E-state index contributed by atoms with van der Waals surface area (Å²) in [6.45, 7) is -0.0687. The molecule has 0 aliphatic carbocycles. The molecule has 0 N–H and O–H groups in total. The van der Waals surface area contributed by atoms with Crippen LogP contribution < -0.4 is 66.8 Å². The van der Waals surface area contributed by atoms with Crippen molar-refractivity contribution in [1.82, 2.24) is 0 Å². The molecule has 0 saturated heterocycles. The van der Waals surface area contributed by atoms with Crippen molar-refractivity contribution >= 4 is 132 Å². The molecule has 0 spiro atoms. The summed E-state index contributed by atoms with van der Waals surface area (Å²) in [6.07, 6.45) is 0. The zero-order valence-corrected chi connectivity index (χ0v) is 47.0. The van der Waals surface area contributed by atoms with Gasteiger partial charge in [-0.1, -0.05) is 164 Å². The van der Waals surface area contributed by atoms with Crippen LogP contribution in [0.2, 0.25) is 0 Å². The zero-order chi connectivity index (χ0) is 56.8. The molecule has 0 bridgehead atoms. The molecule has 6 aliphatic rings. The van der Waals surface area contributed by atoms with Crippen LogP contribution in [0.4, 0.5) is 85.3 Å². The molecule has 9 heteroatoms. The van der Waals surface area contributed by atoms with E-state index in [1.54, 1.807) is 0 Å². The topological polar surface area (TPSA) is 34.7 Å². The Balaban J connectivity index is 0.754. The zero-order valence-electron chi connectivity index (χ0n) is 47.0. The van der Waals surface area contributed by atoms with Crippen molar-refractivity contribution in [2.45, 2.75) is 0 Å². The van der Waals surface area contributed by atoms with Gasteiger partial charge in [0, 0.05) is 62.6 Å². The van der Waals surface area contributed by atoms with Gasteiger partial charge in [-0.15, -0.1) is 0 Å². The lowest BCUT2D eigenvalue weighted by Gasteiger charge is -2.47. The van der Waals surface area contributed by atoms with Gasteiger partial charge in [-0.3, -0.25) is 0 Å². The quantitative estimate of drug-likeness (QED) is 0.147. The third kappa shape index (κ3) is 7.02. The Morgan fingerprint density at radius 3 is 1.31 bits per heavy atom. The van der Waals surface area contributed by atoms with Crippen LogP contribution in [0.5, 0.6) is 23.0 Å². The summed E-state index contributed by atoms with van der Waals surface area (Å²) < 4.78 is 13.8. The smallest absolute Gasteiger partial charge is 0.252 e. The first-order valence-electron chi connectivity index (χ1n) is 29.9. The van der Waals surface area contributed by atoms with Crippen molar-refractivity contribution in [1.29, 1.82) is 0 Å². The first-order chi connectivity index (χ1) is 43.2. The van der Waals surface area contributed by atoms with E-state index < -0.39 is 0 Å². The van der Waals surface area contributed by atoms with Crippen molar-refractivity contribution in [3.63, 3.8) is 0 Å². The largest absolute Gasteiger partial charge is 0.453 e. The molecule has 6 aliphatic heterocycles. The van der Waals surface area contributed by atoms with E-state index in [9.17, 15) is 0 Å². The molecule has 0 amide bonds. The lowest BCUT2D eigenvalue weighted by molar-refractivity contribution is 0.477. The van der Waals surface area contributed by atoms with E-state index in [1.807, 2.05) is 6.07 Å². The molecular weight excluding hydrogens is 1060 g/mol. The normalized spacial score (nSPS) is 13.6. The molecule has 0 aromatic heterocycles. The van der Waals surface area contributed by atoms with E-state index in [1.165, 1.54) is 55.5 Å². The van der Waals surface area contributed by atoms with Crippen LogP contribution in [0.15, 0.2) is 297 Å². The van der Waals surface area contributed by atoms with E-state index in [-0.39, 0.29) is 13.4 Å². The number of rotatable bonds is 7. The van der Waals surface area contributed by atoms with Gasteiger partial charge in [-0.25, -0.2) is 0 Å². The maximum atomic E-state index is 7.07. The Kier molecular flexibility index (Phi) is 10.2. The van der Waals surface area contributed by atoms with Crippen molar-refractivity contribution in [3.8, 4) is 45.3 Å². The number of nitrogens with zero attached hydrogens (tertiary/aromatic N) is 5. The Labute approximate surface area is 505 Å². The number of ether oxygens (including phenoxy) is 2. The minimum absolute atomic E-state index is 0.0401.